The van der Waals surface area contributed by atoms with Crippen LogP contribution in [0.1, 0.15) is 5.69 Å². The number of thioether (sulfide) groups is 1. The van der Waals surface area contributed by atoms with E-state index in [-0.39, 0.29) is 0 Å². The Morgan fingerprint density at radius 2 is 2.06 bits per heavy atom. The number of hydrogen-bond acceptors (Lipinski definition) is 5. The number of aryl methyl sites for hydroxylation is 1. The molecule has 0 saturated carbocycles. The topological polar surface area (TPSA) is 83.5 Å². The van der Waals surface area contributed by atoms with Crippen molar-refractivity contribution in [3.8, 4) is 0 Å². The van der Waals surface area contributed by atoms with Gasteiger partial charge in [0, 0.05) is 11.4 Å². The molecule has 2 rings (SSSR count). The summed E-state index contributed by atoms with van der Waals surface area (Å²) in [7, 11) is 0. The fraction of sp³-hybridized carbons (Fsp3) is 0.273. The second-order valence-electron chi connectivity index (χ2n) is 3.61. The highest BCUT2D eigenvalue weighted by Gasteiger charge is 2.18. The van der Waals surface area contributed by atoms with E-state index in [0.29, 0.717) is 17.5 Å². The Bertz CT molecular complexity index is 516. The minimum atomic E-state index is -0.747. The number of rotatable bonds is 1. The Balaban J connectivity index is 1.93. The van der Waals surface area contributed by atoms with Crippen LogP contribution in [-0.2, 0) is 9.59 Å². The van der Waals surface area contributed by atoms with Crippen LogP contribution in [0.2, 0.25) is 0 Å². The van der Waals surface area contributed by atoms with E-state index in [9.17, 15) is 9.59 Å². The molecule has 0 saturated heterocycles. The van der Waals surface area contributed by atoms with Crippen molar-refractivity contribution in [2.24, 2.45) is 4.99 Å². The van der Waals surface area contributed by atoms with Crippen molar-refractivity contribution in [3.05, 3.63) is 23.9 Å². The highest BCUT2D eigenvalue weighted by atomic mass is 32.2. The third-order valence-electron chi connectivity index (χ3n) is 2.14. The molecule has 0 spiro atoms. The molecule has 7 heteroatoms. The number of carbonyl (C=O) groups excluding carboxylic acids is 2. The lowest BCUT2D eigenvalue weighted by atomic mass is 10.3. The van der Waals surface area contributed by atoms with Gasteiger partial charge < -0.3 is 5.32 Å². The summed E-state index contributed by atoms with van der Waals surface area (Å²) in [6.45, 7) is 2.47. The second kappa shape index (κ2) is 5.63. The van der Waals surface area contributed by atoms with E-state index in [1.165, 1.54) is 11.8 Å². The normalized spacial score (nSPS) is 13.9. The monoisotopic (exact) mass is 264 g/mol. The van der Waals surface area contributed by atoms with Crippen LogP contribution >= 0.6 is 11.8 Å². The number of hydrogen-bond donors (Lipinski definition) is 2. The molecule has 2 amide bonds. The zero-order valence-corrected chi connectivity index (χ0v) is 10.6. The van der Waals surface area contributed by atoms with Crippen LogP contribution in [0.15, 0.2) is 23.2 Å². The van der Waals surface area contributed by atoms with Crippen LogP contribution in [-0.4, -0.2) is 34.3 Å². The number of aliphatic imine (C=N–C) groups is 1. The van der Waals surface area contributed by atoms with Gasteiger partial charge in [0.2, 0.25) is 0 Å². The molecule has 1 aromatic rings. The van der Waals surface area contributed by atoms with Gasteiger partial charge in [-0.1, -0.05) is 17.8 Å². The maximum atomic E-state index is 11.6. The molecule has 0 atom stereocenters. The van der Waals surface area contributed by atoms with Crippen molar-refractivity contribution in [3.63, 3.8) is 0 Å². The summed E-state index contributed by atoms with van der Waals surface area (Å²) in [5.74, 6) is -0.289. The van der Waals surface area contributed by atoms with Gasteiger partial charge in [0.1, 0.15) is 5.82 Å². The molecule has 0 fully saturated rings. The number of amides is 2. The largest absolute Gasteiger partial charge is 0.315 e. The first-order valence-electron chi connectivity index (χ1n) is 5.38. The van der Waals surface area contributed by atoms with Crippen LogP contribution in [0, 0.1) is 6.92 Å². The summed E-state index contributed by atoms with van der Waals surface area (Å²) >= 11 is 1.42. The van der Waals surface area contributed by atoms with Crippen molar-refractivity contribution in [2.75, 3.05) is 17.6 Å². The minimum Gasteiger partial charge on any atom is -0.302 e. The molecule has 0 bridgehead atoms. The molecular formula is C11H12N4O2S. The Kier molecular flexibility index (Phi) is 3.93. The zero-order valence-electron chi connectivity index (χ0n) is 9.77. The summed E-state index contributed by atoms with van der Waals surface area (Å²) in [5, 5.41) is 5.37. The van der Waals surface area contributed by atoms with E-state index in [1.54, 1.807) is 25.1 Å². The van der Waals surface area contributed by atoms with Crippen molar-refractivity contribution >= 4 is 34.6 Å². The molecule has 1 aliphatic rings. The maximum absolute atomic E-state index is 11.6. The molecule has 0 radical (unpaired) electrons. The van der Waals surface area contributed by atoms with Gasteiger partial charge in [-0.25, -0.2) is 4.98 Å². The molecule has 0 aromatic carbocycles. The van der Waals surface area contributed by atoms with Gasteiger partial charge in [-0.15, -0.1) is 0 Å². The highest BCUT2D eigenvalue weighted by molar-refractivity contribution is 8.14. The molecule has 0 unspecified atom stereocenters. The van der Waals surface area contributed by atoms with E-state index < -0.39 is 11.8 Å². The molecule has 94 valence electrons. The van der Waals surface area contributed by atoms with Crippen molar-refractivity contribution in [2.45, 2.75) is 6.92 Å². The Hall–Kier alpha value is -1.89. The first-order valence-corrected chi connectivity index (χ1v) is 6.37. The third kappa shape index (κ3) is 3.30. The van der Waals surface area contributed by atoms with E-state index in [0.717, 1.165) is 11.4 Å². The molecule has 2 N–H and O–H groups in total. The van der Waals surface area contributed by atoms with Crippen molar-refractivity contribution < 1.29 is 9.59 Å². The van der Waals surface area contributed by atoms with Gasteiger partial charge in [0.15, 0.2) is 5.17 Å². The predicted molar refractivity (Wildman–Crippen MR) is 70.5 cm³/mol. The summed E-state index contributed by atoms with van der Waals surface area (Å²) in [4.78, 5) is 31.2. The summed E-state index contributed by atoms with van der Waals surface area (Å²) in [5.41, 5.74) is 0.768. The van der Waals surface area contributed by atoms with Crippen LogP contribution in [0.25, 0.3) is 0 Å². The average Bonchev–Trinajstić information content (AvgIpc) is 2.81. The molecule has 2 heterocycles. The summed E-state index contributed by atoms with van der Waals surface area (Å²) < 4.78 is 0. The van der Waals surface area contributed by atoms with Crippen molar-refractivity contribution in [1.29, 1.82) is 0 Å². The fourth-order valence-corrected chi connectivity index (χ4v) is 2.07. The lowest BCUT2D eigenvalue weighted by molar-refractivity contribution is -0.135. The van der Waals surface area contributed by atoms with Crippen LogP contribution in [0.5, 0.6) is 0 Å². The molecule has 6 nitrogen and oxygen atoms in total. The Morgan fingerprint density at radius 1 is 1.28 bits per heavy atom. The quantitative estimate of drug-likeness (QED) is 0.725. The van der Waals surface area contributed by atoms with E-state index in [2.05, 4.69) is 20.6 Å². The lowest BCUT2D eigenvalue weighted by Gasteiger charge is -2.05. The molecule has 18 heavy (non-hydrogen) atoms. The molecule has 0 aliphatic carbocycles. The second-order valence-corrected chi connectivity index (χ2v) is 4.69. The van der Waals surface area contributed by atoms with Crippen LogP contribution in [0.3, 0.4) is 0 Å². The SMILES string of the molecule is Cc1cccc(NC(=O)C(=O)NC2=NCCS2)n1. The number of pyridine rings is 1. The maximum Gasteiger partial charge on any atom is 0.315 e. The highest BCUT2D eigenvalue weighted by Crippen LogP contribution is 2.09. The first kappa shape index (κ1) is 12.6. The minimum absolute atomic E-state index is 0.358. The lowest BCUT2D eigenvalue weighted by Crippen LogP contribution is -2.37. The zero-order chi connectivity index (χ0) is 13.0. The van der Waals surface area contributed by atoms with E-state index >= 15 is 0 Å². The van der Waals surface area contributed by atoms with Gasteiger partial charge in [-0.05, 0) is 19.1 Å². The number of amidine groups is 1. The molecule has 1 aliphatic heterocycles. The third-order valence-corrected chi connectivity index (χ3v) is 3.03. The number of carbonyl (C=O) groups is 2. The number of anilines is 1. The summed E-state index contributed by atoms with van der Waals surface area (Å²) in [6.07, 6.45) is 0. The van der Waals surface area contributed by atoms with E-state index in [1.807, 2.05) is 0 Å². The van der Waals surface area contributed by atoms with Gasteiger partial charge in [0.05, 0.1) is 6.54 Å². The number of nitrogens with one attached hydrogen (secondary N) is 2. The van der Waals surface area contributed by atoms with Gasteiger partial charge in [0.25, 0.3) is 0 Å². The van der Waals surface area contributed by atoms with Crippen LogP contribution in [0.4, 0.5) is 5.82 Å². The van der Waals surface area contributed by atoms with Gasteiger partial charge >= 0.3 is 11.8 Å². The first-order chi connectivity index (χ1) is 8.65. The number of aromatic nitrogens is 1. The van der Waals surface area contributed by atoms with Gasteiger partial charge in [-0.3, -0.25) is 19.9 Å². The Labute approximate surface area is 108 Å². The average molecular weight is 264 g/mol. The summed E-state index contributed by atoms with van der Waals surface area (Å²) in [6, 6.07) is 5.19. The Morgan fingerprint density at radius 3 is 2.72 bits per heavy atom. The number of nitrogens with zero attached hydrogens (tertiary/aromatic N) is 2. The van der Waals surface area contributed by atoms with Crippen molar-refractivity contribution in [1.82, 2.24) is 10.3 Å². The van der Waals surface area contributed by atoms with Gasteiger partial charge in [-0.2, -0.15) is 0 Å². The van der Waals surface area contributed by atoms with Crippen LogP contribution < -0.4 is 10.6 Å². The van der Waals surface area contributed by atoms with E-state index in [4.69, 9.17) is 0 Å². The molecular weight excluding hydrogens is 252 g/mol. The fourth-order valence-electron chi connectivity index (χ4n) is 1.35. The molecule has 1 aromatic heterocycles. The predicted octanol–water partition coefficient (Wildman–Crippen LogP) is 0.548. The smallest absolute Gasteiger partial charge is 0.302 e. The standard InChI is InChI=1S/C11H12N4O2S/c1-7-3-2-4-8(13-7)14-9(16)10(17)15-11-12-5-6-18-11/h2-4H,5-6H2,1H3,(H,12,15,17)(H,13,14,16).